The van der Waals surface area contributed by atoms with Gasteiger partial charge in [0.05, 0.1) is 104 Å². The van der Waals surface area contributed by atoms with Gasteiger partial charge in [-0.3, -0.25) is 57.2 Å². The first kappa shape index (κ1) is 87.5. The molecule has 3 aromatic carbocycles. The number of carbonyl (C=O) groups excluding carboxylic acids is 11. The molecular formula is C72H88Cl3F3N14O15. The van der Waals surface area contributed by atoms with Crippen molar-refractivity contribution in [2.24, 2.45) is 44.6 Å². The Morgan fingerprint density at radius 3 is 1.01 bits per heavy atom. The molecule has 5 aliphatic rings. The molecule has 7 amide bonds. The van der Waals surface area contributed by atoms with Crippen molar-refractivity contribution in [2.75, 3.05) is 19.6 Å². The molecule has 3 aliphatic heterocycles. The number of halogens is 6. The normalized spacial score (nSPS) is 14.2. The Kier molecular flexibility index (Phi) is 30.6. The van der Waals surface area contributed by atoms with Crippen LogP contribution in [0.3, 0.4) is 0 Å². The molecule has 107 heavy (non-hydrogen) atoms. The molecule has 0 saturated heterocycles. The van der Waals surface area contributed by atoms with E-state index in [0.29, 0.717) is 103 Å². The number of hydrogen-bond donors (Lipinski definition) is 7. The summed E-state index contributed by atoms with van der Waals surface area (Å²) in [5.74, 6) is -6.21. The second kappa shape index (κ2) is 37.4. The van der Waals surface area contributed by atoms with Crippen LogP contribution in [0.15, 0.2) is 54.6 Å². The number of nitrogens with two attached hydrogens (primary N) is 4. The lowest BCUT2D eigenvalue weighted by Crippen LogP contribution is -2.44. The van der Waals surface area contributed by atoms with Gasteiger partial charge in [-0.1, -0.05) is 82.8 Å². The van der Waals surface area contributed by atoms with Gasteiger partial charge in [0.15, 0.2) is 0 Å². The van der Waals surface area contributed by atoms with E-state index in [0.717, 1.165) is 19.3 Å². The van der Waals surface area contributed by atoms with E-state index in [1.807, 2.05) is 6.92 Å². The van der Waals surface area contributed by atoms with E-state index in [2.05, 4.69) is 41.4 Å². The van der Waals surface area contributed by atoms with Gasteiger partial charge in [0.2, 0.25) is 23.6 Å². The predicted octanol–water partition coefficient (Wildman–Crippen LogP) is 8.82. The van der Waals surface area contributed by atoms with Crippen LogP contribution in [0.25, 0.3) is 33.8 Å². The van der Waals surface area contributed by atoms with Crippen molar-refractivity contribution < 1.29 is 85.7 Å². The largest absolute Gasteiger partial charge is 0.481 e. The quantitative estimate of drug-likeness (QED) is 0.0422. The van der Waals surface area contributed by atoms with E-state index in [-0.39, 0.29) is 117 Å². The number of nitrogens with one attached hydrogen (secondary N) is 1. The Balaban J connectivity index is 0.000000257. The van der Waals surface area contributed by atoms with Crippen molar-refractivity contribution in [1.82, 2.24) is 49.4 Å². The number of rotatable bonds is 18. The number of carboxylic acid groups (broad SMARTS) is 2. The first-order valence-corrected chi connectivity index (χ1v) is 35.0. The Bertz CT molecular complexity index is 4390. The van der Waals surface area contributed by atoms with Crippen molar-refractivity contribution in [3.8, 4) is 33.8 Å². The fourth-order valence-electron chi connectivity index (χ4n) is 10.5. The Morgan fingerprint density at radius 1 is 0.486 bits per heavy atom. The van der Waals surface area contributed by atoms with Crippen molar-refractivity contribution >= 4 is 100 Å². The van der Waals surface area contributed by atoms with Crippen molar-refractivity contribution in [2.45, 2.75) is 178 Å². The molecule has 3 aromatic heterocycles. The van der Waals surface area contributed by atoms with Crippen molar-refractivity contribution in [3.63, 3.8) is 0 Å². The highest BCUT2D eigenvalue weighted by molar-refractivity contribution is 6.31. The maximum absolute atomic E-state index is 13.6. The summed E-state index contributed by atoms with van der Waals surface area (Å²) >= 11 is 17.6. The molecule has 35 heteroatoms. The monoisotopic (exact) mass is 1550 g/mol. The van der Waals surface area contributed by atoms with E-state index in [4.69, 9.17) is 82.0 Å². The summed E-state index contributed by atoms with van der Waals surface area (Å²) in [5, 5.41) is 33.8. The van der Waals surface area contributed by atoms with E-state index in [9.17, 15) is 61.4 Å². The number of carboxylic acids is 2. The minimum absolute atomic E-state index is 0.0427. The molecule has 2 aliphatic carbocycles. The standard InChI is InChI=1S/C22H25ClFN5O3.C20H24ClFN4O2.C19H20ClFN4O4.C6H12O2.C3H7N.2CO2/c1-22(2,21(32)26-13-4-5-13)10-17(30)28-7-8-29-16(11-28)18(20(25)31)19(27-29)12-3-6-15(24)14(23)9-12;1-4-20(2,3)10-16(27)25-7-8-26-15(11-25)17(19(23)28)18(24-26)12-5-6-14(22)13(21)9-12;1-19(2,18(28)29)8-14(26)24-5-6-25-13(9-24)15(17(22)27)16(23-25)10-3-4-12(21)11(20)7-10;1-4-6(2,3)5(7)8;4-3-1-2-3;2*2-1-3/h3,6,9,13H,4-5,7-8,10-11H2,1-2H3,(H2,25,31)(H,26,32);5-6,9H,4,7-8,10-11H2,1-3H3,(H2,23,28);3-4,7H,5-6,8-9H2,1-2H3,(H2,22,27)(H,28,29);4H2,1-3H3,(H,7,8);3H,1-2,4H2;;. The highest BCUT2D eigenvalue weighted by Gasteiger charge is 2.40. The minimum Gasteiger partial charge on any atom is -0.481 e. The van der Waals surface area contributed by atoms with Crippen LogP contribution in [0.4, 0.5) is 13.2 Å². The van der Waals surface area contributed by atoms with Crippen LogP contribution < -0.4 is 28.3 Å². The molecule has 0 radical (unpaired) electrons. The molecule has 578 valence electrons. The summed E-state index contributed by atoms with van der Waals surface area (Å²) in [7, 11) is 0. The van der Waals surface area contributed by atoms with E-state index >= 15 is 0 Å². The molecule has 11 N–H and O–H groups in total. The van der Waals surface area contributed by atoms with Crippen molar-refractivity contribution in [3.05, 3.63) is 121 Å². The number of carbonyl (C=O) groups is 9. The first-order chi connectivity index (χ1) is 49.9. The van der Waals surface area contributed by atoms with E-state index in [1.165, 1.54) is 86.2 Å². The summed E-state index contributed by atoms with van der Waals surface area (Å²) in [5.41, 5.74) is 23.8. The van der Waals surface area contributed by atoms with Crippen LogP contribution in [-0.4, -0.2) is 152 Å². The van der Waals surface area contributed by atoms with Gasteiger partial charge in [-0.15, -0.1) is 0 Å². The molecule has 0 atom stereocenters. The van der Waals surface area contributed by atoms with Gasteiger partial charge in [0.25, 0.3) is 17.7 Å². The zero-order valence-electron chi connectivity index (χ0n) is 60.9. The number of aliphatic carboxylic acids is 2. The van der Waals surface area contributed by atoms with Crippen LogP contribution in [0, 0.1) is 39.1 Å². The third-order valence-electron chi connectivity index (χ3n) is 18.3. The smallest absolute Gasteiger partial charge is 0.373 e. The Morgan fingerprint density at radius 2 is 0.776 bits per heavy atom. The molecular weight excluding hydrogens is 1460 g/mol. The van der Waals surface area contributed by atoms with Crippen LogP contribution in [0.1, 0.15) is 175 Å². The zero-order chi connectivity index (χ0) is 80.5. The Hall–Kier alpha value is -10.1. The van der Waals surface area contributed by atoms with E-state index in [1.54, 1.807) is 51.5 Å². The number of aromatic nitrogens is 6. The first-order valence-electron chi connectivity index (χ1n) is 33.8. The number of benzene rings is 3. The molecule has 2 fully saturated rings. The molecule has 11 rings (SSSR count). The molecule has 29 nitrogen and oxygen atoms in total. The average molecular weight is 1550 g/mol. The van der Waals surface area contributed by atoms with Gasteiger partial charge >= 0.3 is 24.2 Å². The van der Waals surface area contributed by atoms with Crippen LogP contribution >= 0.6 is 34.8 Å². The maximum atomic E-state index is 13.6. The van der Waals surface area contributed by atoms with Gasteiger partial charge in [0.1, 0.15) is 34.5 Å². The molecule has 0 unspecified atom stereocenters. The second-order valence-electron chi connectivity index (χ2n) is 28.5. The highest BCUT2D eigenvalue weighted by atomic mass is 35.5. The average Bonchev–Trinajstić information content (AvgIpc) is 1.63. The number of primary amides is 3. The fraction of sp³-hybridized carbons (Fsp3) is 0.472. The minimum atomic E-state index is -1.21. The molecule has 0 spiro atoms. The van der Waals surface area contributed by atoms with Gasteiger partial charge in [0, 0.05) is 67.7 Å². The maximum Gasteiger partial charge on any atom is 0.373 e. The second-order valence-corrected chi connectivity index (χ2v) is 29.7. The summed E-state index contributed by atoms with van der Waals surface area (Å²) in [6.45, 7) is 20.8. The van der Waals surface area contributed by atoms with Gasteiger partial charge in [-0.05, 0) is 120 Å². The lowest BCUT2D eigenvalue weighted by atomic mass is 9.86. The lowest BCUT2D eigenvalue weighted by Gasteiger charge is -2.31. The summed E-state index contributed by atoms with van der Waals surface area (Å²) < 4.78 is 45.5. The summed E-state index contributed by atoms with van der Waals surface area (Å²) in [6, 6.07) is 13.0. The molecule has 0 bridgehead atoms. The topological polar surface area (TPSA) is 442 Å². The molecule has 6 aromatic rings. The van der Waals surface area contributed by atoms with Gasteiger partial charge in [-0.2, -0.15) is 34.5 Å². The third kappa shape index (κ3) is 23.7. The molecule has 6 heterocycles. The number of nitrogens with zero attached hydrogens (tertiary/aromatic N) is 9. The van der Waals surface area contributed by atoms with Crippen LogP contribution in [-0.2, 0) is 87.2 Å². The third-order valence-corrected chi connectivity index (χ3v) is 19.1. The number of amides is 7. The lowest BCUT2D eigenvalue weighted by molar-refractivity contribution is -0.193. The number of fused-ring (bicyclic) bond motifs is 3. The fourth-order valence-corrected chi connectivity index (χ4v) is 11.1. The van der Waals surface area contributed by atoms with Crippen LogP contribution in [0.5, 0.6) is 0 Å². The molecule has 2 saturated carbocycles. The highest BCUT2D eigenvalue weighted by Crippen LogP contribution is 2.37. The summed E-state index contributed by atoms with van der Waals surface area (Å²) in [4.78, 5) is 146. The van der Waals surface area contributed by atoms with Crippen LogP contribution in [0.2, 0.25) is 15.1 Å². The van der Waals surface area contributed by atoms with Gasteiger partial charge in [-0.25, -0.2) is 13.2 Å². The van der Waals surface area contributed by atoms with E-state index < -0.39 is 63.4 Å². The van der Waals surface area contributed by atoms with Gasteiger partial charge < -0.3 is 53.2 Å². The Labute approximate surface area is 629 Å². The SMILES string of the molecule is CC(C)(CC(=O)N1CCn2nc(-c3ccc(F)c(Cl)c3)c(C(N)=O)c2C1)C(=O)NC1CC1.CC(C)(CC(=O)N1CCn2nc(-c3ccc(F)c(Cl)c3)c(C(N)=O)c2C1)C(=O)O.CCC(C)(C)C(=O)O.CCC(C)(C)CC(=O)N1CCn2nc(-c3ccc(F)c(Cl)c3)c(C(N)=O)c2C1.NC1CC1.O=C=O.O=C=O. The predicted molar refractivity (Wildman–Crippen MR) is 383 cm³/mol. The van der Waals surface area contributed by atoms with Crippen molar-refractivity contribution in [1.29, 1.82) is 0 Å². The summed E-state index contributed by atoms with van der Waals surface area (Å²) in [6.07, 6.45) is 6.86. The number of hydrogen-bond acceptors (Lipinski definition) is 17. The zero-order valence-corrected chi connectivity index (χ0v) is 63.2.